The lowest BCUT2D eigenvalue weighted by Crippen LogP contribution is -1.96. The molecule has 0 spiro atoms. The van der Waals surface area contributed by atoms with Crippen LogP contribution in [0.2, 0.25) is 5.02 Å². The maximum atomic E-state index is 12.9. The Hall–Kier alpha value is -2.53. The van der Waals surface area contributed by atoms with Gasteiger partial charge in [0.05, 0.1) is 28.2 Å². The van der Waals surface area contributed by atoms with Crippen molar-refractivity contribution in [3.05, 3.63) is 65.2 Å². The van der Waals surface area contributed by atoms with Crippen molar-refractivity contribution in [1.82, 2.24) is 14.8 Å². The fraction of sp³-hybridized carbons (Fsp3) is 0. The number of halogens is 2. The summed E-state index contributed by atoms with van der Waals surface area (Å²) in [6.45, 7) is 0. The van der Waals surface area contributed by atoms with Crippen molar-refractivity contribution < 1.29 is 9.18 Å². The van der Waals surface area contributed by atoms with Crippen LogP contribution in [0, 0.1) is 5.82 Å². The monoisotopic (exact) mass is 301 g/mol. The molecule has 0 aliphatic heterocycles. The molecule has 3 rings (SSSR count). The van der Waals surface area contributed by atoms with Crippen LogP contribution in [-0.2, 0) is 0 Å². The highest BCUT2D eigenvalue weighted by Crippen LogP contribution is 2.24. The highest BCUT2D eigenvalue weighted by molar-refractivity contribution is 6.32. The van der Waals surface area contributed by atoms with Gasteiger partial charge in [0.15, 0.2) is 6.29 Å². The molecule has 2 aromatic heterocycles. The molecule has 0 fully saturated rings. The Labute approximate surface area is 124 Å². The van der Waals surface area contributed by atoms with Crippen LogP contribution in [-0.4, -0.2) is 21.1 Å². The zero-order valence-corrected chi connectivity index (χ0v) is 11.5. The van der Waals surface area contributed by atoms with Gasteiger partial charge in [0.25, 0.3) is 0 Å². The third kappa shape index (κ3) is 2.55. The van der Waals surface area contributed by atoms with Crippen molar-refractivity contribution in [3.8, 4) is 17.1 Å². The number of nitrogens with zero attached hydrogens (tertiary/aromatic N) is 3. The van der Waals surface area contributed by atoms with E-state index in [1.807, 2.05) is 6.07 Å². The fourth-order valence-corrected chi connectivity index (χ4v) is 2.17. The minimum Gasteiger partial charge on any atom is -0.298 e. The van der Waals surface area contributed by atoms with Crippen LogP contribution in [0.15, 0.2) is 48.8 Å². The van der Waals surface area contributed by atoms with E-state index in [0.717, 1.165) is 6.20 Å². The van der Waals surface area contributed by atoms with E-state index in [9.17, 15) is 9.18 Å². The molecule has 0 aliphatic carbocycles. The van der Waals surface area contributed by atoms with E-state index < -0.39 is 5.82 Å². The van der Waals surface area contributed by atoms with Gasteiger partial charge in [-0.05, 0) is 24.3 Å². The summed E-state index contributed by atoms with van der Waals surface area (Å²) in [5.74, 6) is -0.447. The number of benzene rings is 1. The number of hydrogen-bond donors (Lipinski definition) is 0. The second-order valence-corrected chi connectivity index (χ2v) is 4.72. The van der Waals surface area contributed by atoms with Gasteiger partial charge in [-0.1, -0.05) is 23.7 Å². The molecular weight excluding hydrogens is 293 g/mol. The topological polar surface area (TPSA) is 47.8 Å². The molecule has 4 nitrogen and oxygen atoms in total. The lowest BCUT2D eigenvalue weighted by molar-refractivity contribution is 0.112. The second kappa shape index (κ2) is 5.46. The van der Waals surface area contributed by atoms with Crippen LogP contribution in [0.1, 0.15) is 10.4 Å². The van der Waals surface area contributed by atoms with Gasteiger partial charge in [-0.25, -0.2) is 9.07 Å². The van der Waals surface area contributed by atoms with Gasteiger partial charge in [-0.15, -0.1) is 0 Å². The first-order chi connectivity index (χ1) is 10.2. The Balaban J connectivity index is 2.13. The van der Waals surface area contributed by atoms with Crippen molar-refractivity contribution in [2.45, 2.75) is 0 Å². The molecule has 6 heteroatoms. The largest absolute Gasteiger partial charge is 0.298 e. The second-order valence-electron chi connectivity index (χ2n) is 4.31. The Bertz CT molecular complexity index is 799. The smallest absolute Gasteiger partial charge is 0.153 e. The maximum absolute atomic E-state index is 12.9. The van der Waals surface area contributed by atoms with E-state index >= 15 is 0 Å². The molecule has 0 aliphatic rings. The summed E-state index contributed by atoms with van der Waals surface area (Å²) >= 11 is 6.12. The fourth-order valence-electron chi connectivity index (χ4n) is 1.95. The summed E-state index contributed by atoms with van der Waals surface area (Å²) in [4.78, 5) is 15.2. The molecule has 2 heterocycles. The molecule has 1 aromatic carbocycles. The predicted molar refractivity (Wildman–Crippen MR) is 77.2 cm³/mol. The number of carbonyl (C=O) groups excluding carboxylic acids is 1. The van der Waals surface area contributed by atoms with E-state index in [4.69, 9.17) is 11.6 Å². The Morgan fingerprint density at radius 1 is 1.19 bits per heavy atom. The lowest BCUT2D eigenvalue weighted by Gasteiger charge is -2.03. The van der Waals surface area contributed by atoms with Crippen molar-refractivity contribution >= 4 is 17.9 Å². The van der Waals surface area contributed by atoms with Crippen LogP contribution in [0.5, 0.6) is 0 Å². The van der Waals surface area contributed by atoms with Crippen LogP contribution in [0.3, 0.4) is 0 Å². The predicted octanol–water partition coefficient (Wildman–Crippen LogP) is 3.54. The van der Waals surface area contributed by atoms with Gasteiger partial charge in [-0.3, -0.25) is 9.78 Å². The summed E-state index contributed by atoms with van der Waals surface area (Å²) in [5.41, 5.74) is 1.80. The van der Waals surface area contributed by atoms with Gasteiger partial charge in [0, 0.05) is 6.20 Å². The average molecular weight is 302 g/mol. The third-order valence-electron chi connectivity index (χ3n) is 2.94. The summed E-state index contributed by atoms with van der Waals surface area (Å²) in [6, 6.07) is 9.88. The first-order valence-electron chi connectivity index (χ1n) is 6.10. The maximum Gasteiger partial charge on any atom is 0.153 e. The summed E-state index contributed by atoms with van der Waals surface area (Å²) in [6.07, 6.45) is 3.33. The quantitative estimate of drug-likeness (QED) is 0.695. The summed E-state index contributed by atoms with van der Waals surface area (Å²) in [5, 5.41) is 4.84. The van der Waals surface area contributed by atoms with Gasteiger partial charge in [0.2, 0.25) is 0 Å². The van der Waals surface area contributed by atoms with E-state index in [0.29, 0.717) is 33.9 Å². The first-order valence-corrected chi connectivity index (χ1v) is 6.48. The minimum atomic E-state index is -0.447. The minimum absolute atomic E-state index is 0.356. The molecule has 0 amide bonds. The standard InChI is InChI=1S/C15H9ClFN3O/c16-12-3-1-2-4-14(12)20-8-10(9-21)15(19-20)13-6-5-11(17)7-18-13/h1-9H. The van der Waals surface area contributed by atoms with Crippen molar-refractivity contribution in [3.63, 3.8) is 0 Å². The van der Waals surface area contributed by atoms with Crippen LogP contribution in [0.25, 0.3) is 17.1 Å². The Kier molecular flexibility index (Phi) is 3.50. The van der Waals surface area contributed by atoms with Gasteiger partial charge < -0.3 is 0 Å². The highest BCUT2D eigenvalue weighted by Gasteiger charge is 2.14. The van der Waals surface area contributed by atoms with Crippen LogP contribution < -0.4 is 0 Å². The molecule has 0 unspecified atom stereocenters. The van der Waals surface area contributed by atoms with Crippen LogP contribution in [0.4, 0.5) is 4.39 Å². The first kappa shape index (κ1) is 13.5. The number of pyridine rings is 1. The summed E-state index contributed by atoms with van der Waals surface area (Å²) < 4.78 is 14.4. The molecule has 104 valence electrons. The number of aromatic nitrogens is 3. The van der Waals surface area contributed by atoms with Crippen molar-refractivity contribution in [2.75, 3.05) is 0 Å². The highest BCUT2D eigenvalue weighted by atomic mass is 35.5. The average Bonchev–Trinajstić information content (AvgIpc) is 2.92. The van der Waals surface area contributed by atoms with E-state index in [1.54, 1.807) is 24.4 Å². The molecule has 0 atom stereocenters. The number of aldehydes is 1. The number of hydrogen-bond acceptors (Lipinski definition) is 3. The molecule has 0 radical (unpaired) electrons. The zero-order valence-electron chi connectivity index (χ0n) is 10.7. The molecule has 0 N–H and O–H groups in total. The molecule has 0 bridgehead atoms. The number of carbonyl (C=O) groups is 1. The molecule has 0 saturated heterocycles. The van der Waals surface area contributed by atoms with Crippen molar-refractivity contribution in [2.24, 2.45) is 0 Å². The van der Waals surface area contributed by atoms with E-state index in [-0.39, 0.29) is 0 Å². The third-order valence-corrected chi connectivity index (χ3v) is 3.26. The lowest BCUT2D eigenvalue weighted by atomic mass is 10.2. The Morgan fingerprint density at radius 2 is 2.00 bits per heavy atom. The van der Waals surface area contributed by atoms with Gasteiger partial charge in [-0.2, -0.15) is 5.10 Å². The van der Waals surface area contributed by atoms with E-state index in [1.165, 1.54) is 16.8 Å². The SMILES string of the molecule is O=Cc1cn(-c2ccccc2Cl)nc1-c1ccc(F)cn1. The van der Waals surface area contributed by atoms with E-state index in [2.05, 4.69) is 10.1 Å². The number of para-hydroxylation sites is 1. The Morgan fingerprint density at radius 3 is 2.67 bits per heavy atom. The van der Waals surface area contributed by atoms with Crippen LogP contribution >= 0.6 is 11.6 Å². The van der Waals surface area contributed by atoms with Crippen molar-refractivity contribution in [1.29, 1.82) is 0 Å². The normalized spacial score (nSPS) is 10.6. The zero-order chi connectivity index (χ0) is 14.8. The molecular formula is C15H9ClFN3O. The van der Waals surface area contributed by atoms with Gasteiger partial charge >= 0.3 is 0 Å². The number of rotatable bonds is 3. The summed E-state index contributed by atoms with van der Waals surface area (Å²) in [7, 11) is 0. The molecule has 0 saturated carbocycles. The van der Waals surface area contributed by atoms with Gasteiger partial charge in [0.1, 0.15) is 11.5 Å². The molecule has 21 heavy (non-hydrogen) atoms. The molecule has 3 aromatic rings.